The molecular formula is C20H36O4Si. The lowest BCUT2D eigenvalue weighted by Crippen LogP contribution is -2.56. The maximum atomic E-state index is 6.50. The van der Waals surface area contributed by atoms with Crippen LogP contribution in [0.4, 0.5) is 0 Å². The average Bonchev–Trinajstić information content (AvgIpc) is 2.45. The summed E-state index contributed by atoms with van der Waals surface area (Å²) in [7, 11) is -3.00. The Bertz CT molecular complexity index is 478. The summed E-state index contributed by atoms with van der Waals surface area (Å²) in [6.45, 7) is 16.1. The second-order valence-corrected chi connectivity index (χ2v) is 9.91. The molecule has 0 aliphatic carbocycles. The Morgan fingerprint density at radius 1 is 0.920 bits per heavy atom. The van der Waals surface area contributed by atoms with Crippen molar-refractivity contribution >= 4 is 8.80 Å². The molecule has 1 unspecified atom stereocenters. The van der Waals surface area contributed by atoms with E-state index in [1.807, 2.05) is 59.7 Å². The Morgan fingerprint density at radius 2 is 1.44 bits per heavy atom. The monoisotopic (exact) mass is 368 g/mol. The zero-order valence-corrected chi connectivity index (χ0v) is 18.2. The molecule has 4 nitrogen and oxygen atoms in total. The molecule has 1 rings (SSSR count). The van der Waals surface area contributed by atoms with Crippen molar-refractivity contribution in [3.8, 4) is 0 Å². The Morgan fingerprint density at radius 3 is 1.88 bits per heavy atom. The van der Waals surface area contributed by atoms with E-state index in [1.54, 1.807) is 0 Å². The van der Waals surface area contributed by atoms with Crippen LogP contribution in [0.5, 0.6) is 0 Å². The largest absolute Gasteiger partial charge is 0.508 e. The van der Waals surface area contributed by atoms with Gasteiger partial charge in [0.25, 0.3) is 0 Å². The summed E-state index contributed by atoms with van der Waals surface area (Å²) in [6, 6.07) is 10.9. The number of benzene rings is 1. The van der Waals surface area contributed by atoms with E-state index in [2.05, 4.69) is 26.0 Å². The van der Waals surface area contributed by atoms with E-state index in [0.29, 0.717) is 6.04 Å². The van der Waals surface area contributed by atoms with E-state index in [-0.39, 0.29) is 18.3 Å². The first kappa shape index (κ1) is 22.3. The molecule has 1 aromatic rings. The van der Waals surface area contributed by atoms with Crippen molar-refractivity contribution in [3.63, 3.8) is 0 Å². The van der Waals surface area contributed by atoms with Gasteiger partial charge < -0.3 is 18.0 Å². The molecule has 0 saturated carbocycles. The lowest BCUT2D eigenvalue weighted by molar-refractivity contribution is -0.213. The van der Waals surface area contributed by atoms with Gasteiger partial charge in [-0.05, 0) is 60.5 Å². The molecule has 5 heteroatoms. The quantitative estimate of drug-likeness (QED) is 0.401. The van der Waals surface area contributed by atoms with Crippen LogP contribution in [0.25, 0.3) is 0 Å². The van der Waals surface area contributed by atoms with Gasteiger partial charge in [-0.15, -0.1) is 0 Å². The summed E-state index contributed by atoms with van der Waals surface area (Å²) in [5.74, 6) is -0.778. The van der Waals surface area contributed by atoms with Gasteiger partial charge in [0, 0.05) is 18.3 Å². The predicted octanol–water partition coefficient (Wildman–Crippen LogP) is 5.13. The standard InChI is InChI=1S/C20H36O4Si/c1-9-18(6)21-20(7,8)24-25(22-16(2)3,23-17(4)5)15-19-13-11-10-12-14-19/h10-14,16-18H,9,15H2,1-8H3. The first-order valence-corrected chi connectivity index (χ1v) is 11.3. The molecule has 0 amide bonds. The molecule has 0 aromatic heterocycles. The van der Waals surface area contributed by atoms with Crippen LogP contribution in [0.15, 0.2) is 30.3 Å². The lowest BCUT2D eigenvalue weighted by atomic mass is 10.2. The highest BCUT2D eigenvalue weighted by Crippen LogP contribution is 2.28. The van der Waals surface area contributed by atoms with E-state index in [4.69, 9.17) is 18.0 Å². The Labute approximate surface area is 155 Å². The van der Waals surface area contributed by atoms with E-state index in [0.717, 1.165) is 12.0 Å². The predicted molar refractivity (Wildman–Crippen MR) is 104 cm³/mol. The molecule has 0 bridgehead atoms. The average molecular weight is 369 g/mol. The molecule has 0 radical (unpaired) electrons. The van der Waals surface area contributed by atoms with Gasteiger partial charge in [0.15, 0.2) is 5.79 Å². The fourth-order valence-corrected chi connectivity index (χ4v) is 6.09. The van der Waals surface area contributed by atoms with Crippen molar-refractivity contribution in [1.82, 2.24) is 0 Å². The van der Waals surface area contributed by atoms with Crippen molar-refractivity contribution in [2.75, 3.05) is 0 Å². The SMILES string of the molecule is CCC(C)OC(C)(C)O[Si](Cc1ccccc1)(OC(C)C)OC(C)C. The van der Waals surface area contributed by atoms with Crippen molar-refractivity contribution in [2.24, 2.45) is 0 Å². The van der Waals surface area contributed by atoms with Crippen LogP contribution in [0.3, 0.4) is 0 Å². The molecule has 0 N–H and O–H groups in total. The van der Waals surface area contributed by atoms with Gasteiger partial charge >= 0.3 is 8.80 Å². The minimum absolute atomic E-state index is 0.00790. The third-order valence-electron chi connectivity index (χ3n) is 3.56. The third-order valence-corrected chi connectivity index (χ3v) is 6.86. The maximum Gasteiger partial charge on any atom is 0.508 e. The van der Waals surface area contributed by atoms with Gasteiger partial charge in [-0.25, -0.2) is 0 Å². The van der Waals surface area contributed by atoms with Crippen LogP contribution in [-0.2, 0) is 24.1 Å². The molecule has 0 aliphatic heterocycles. The highest BCUT2D eigenvalue weighted by atomic mass is 28.4. The molecule has 0 aliphatic rings. The van der Waals surface area contributed by atoms with Crippen LogP contribution >= 0.6 is 0 Å². The summed E-state index contributed by atoms with van der Waals surface area (Å²) in [5, 5.41) is 0. The molecular weight excluding hydrogens is 332 g/mol. The van der Waals surface area contributed by atoms with E-state index in [9.17, 15) is 0 Å². The smallest absolute Gasteiger partial charge is 0.371 e. The van der Waals surface area contributed by atoms with Crippen molar-refractivity contribution in [2.45, 2.75) is 92.0 Å². The molecule has 0 saturated heterocycles. The highest BCUT2D eigenvalue weighted by molar-refractivity contribution is 6.60. The number of hydrogen-bond acceptors (Lipinski definition) is 4. The van der Waals surface area contributed by atoms with Gasteiger partial charge in [-0.2, -0.15) is 0 Å². The summed E-state index contributed by atoms with van der Waals surface area (Å²) < 4.78 is 25.2. The Kier molecular flexibility index (Phi) is 8.78. The number of ether oxygens (including phenoxy) is 1. The zero-order valence-electron chi connectivity index (χ0n) is 17.2. The minimum Gasteiger partial charge on any atom is -0.371 e. The number of rotatable bonds is 11. The van der Waals surface area contributed by atoms with Gasteiger partial charge in [-0.3, -0.25) is 0 Å². The molecule has 0 heterocycles. The van der Waals surface area contributed by atoms with Gasteiger partial charge in [0.05, 0.1) is 6.10 Å². The molecule has 144 valence electrons. The first-order valence-electron chi connectivity index (χ1n) is 9.35. The molecule has 25 heavy (non-hydrogen) atoms. The second kappa shape index (κ2) is 9.83. The maximum absolute atomic E-state index is 6.50. The lowest BCUT2D eigenvalue weighted by Gasteiger charge is -2.40. The molecule has 0 fully saturated rings. The van der Waals surface area contributed by atoms with E-state index in [1.165, 1.54) is 0 Å². The van der Waals surface area contributed by atoms with Crippen LogP contribution in [0.1, 0.15) is 67.4 Å². The third kappa shape index (κ3) is 8.47. The molecule has 1 atom stereocenters. The number of hydrogen-bond donors (Lipinski definition) is 0. The van der Waals surface area contributed by atoms with E-state index < -0.39 is 14.6 Å². The van der Waals surface area contributed by atoms with Crippen molar-refractivity contribution in [1.29, 1.82) is 0 Å². The van der Waals surface area contributed by atoms with Gasteiger partial charge in [0.2, 0.25) is 0 Å². The highest BCUT2D eigenvalue weighted by Gasteiger charge is 2.48. The van der Waals surface area contributed by atoms with Crippen molar-refractivity contribution in [3.05, 3.63) is 35.9 Å². The summed E-state index contributed by atoms with van der Waals surface area (Å²) >= 11 is 0. The minimum atomic E-state index is -3.00. The van der Waals surface area contributed by atoms with Crippen LogP contribution in [-0.4, -0.2) is 32.9 Å². The fraction of sp³-hybridized carbons (Fsp3) is 0.700. The zero-order chi connectivity index (χ0) is 19.1. The van der Waals surface area contributed by atoms with E-state index >= 15 is 0 Å². The van der Waals surface area contributed by atoms with Crippen LogP contribution in [0.2, 0.25) is 0 Å². The van der Waals surface area contributed by atoms with Gasteiger partial charge in [0.1, 0.15) is 0 Å². The van der Waals surface area contributed by atoms with Crippen molar-refractivity contribution < 1.29 is 18.0 Å². The topological polar surface area (TPSA) is 36.9 Å². The van der Waals surface area contributed by atoms with Crippen LogP contribution < -0.4 is 0 Å². The first-order chi connectivity index (χ1) is 11.6. The fourth-order valence-electron chi connectivity index (χ4n) is 2.73. The Balaban J connectivity index is 3.13. The molecule has 1 aromatic carbocycles. The summed E-state index contributed by atoms with van der Waals surface area (Å²) in [5.41, 5.74) is 1.15. The normalized spacial score (nSPS) is 14.3. The molecule has 0 spiro atoms. The summed E-state index contributed by atoms with van der Waals surface area (Å²) in [6.07, 6.45) is 1.05. The second-order valence-electron chi connectivity index (χ2n) is 7.52. The van der Waals surface area contributed by atoms with Crippen LogP contribution in [0, 0.1) is 0 Å². The van der Waals surface area contributed by atoms with Gasteiger partial charge in [-0.1, -0.05) is 37.3 Å². The summed E-state index contributed by atoms with van der Waals surface area (Å²) in [4.78, 5) is 0. The Hall–Kier alpha value is -0.723.